The summed E-state index contributed by atoms with van der Waals surface area (Å²) in [5.74, 6) is 3.12. The zero-order valence-corrected chi connectivity index (χ0v) is 20.4. The van der Waals surface area contributed by atoms with Crippen LogP contribution in [0.2, 0.25) is 0 Å². The van der Waals surface area contributed by atoms with Crippen molar-refractivity contribution in [1.29, 1.82) is 0 Å². The lowest BCUT2D eigenvalue weighted by atomic mass is 9.42. The van der Waals surface area contributed by atoms with Crippen molar-refractivity contribution in [2.75, 3.05) is 0 Å². The highest BCUT2D eigenvalue weighted by atomic mass is 16.3. The molecule has 4 nitrogen and oxygen atoms in total. The second kappa shape index (κ2) is 8.09. The molecule has 0 spiro atoms. The number of Topliss-reactive ketones (excluding diaryl/α,β-unsaturated/α-hetero) is 1. The summed E-state index contributed by atoms with van der Waals surface area (Å²) in [4.78, 5) is 13.3. The molecule has 10 atom stereocenters. The van der Waals surface area contributed by atoms with Crippen molar-refractivity contribution in [3.05, 3.63) is 0 Å². The van der Waals surface area contributed by atoms with Crippen molar-refractivity contribution < 1.29 is 20.1 Å². The highest BCUT2D eigenvalue weighted by Crippen LogP contribution is 2.68. The molecule has 4 rings (SSSR count). The van der Waals surface area contributed by atoms with Gasteiger partial charge in [0.15, 0.2) is 0 Å². The van der Waals surface area contributed by atoms with Crippen LogP contribution in [0.4, 0.5) is 0 Å². The number of carbonyl (C=O) groups is 1. The van der Waals surface area contributed by atoms with Crippen LogP contribution in [0, 0.1) is 46.3 Å². The fraction of sp³-hybridized carbons (Fsp3) is 0.963. The van der Waals surface area contributed by atoms with Crippen molar-refractivity contribution in [1.82, 2.24) is 0 Å². The van der Waals surface area contributed by atoms with Crippen LogP contribution in [-0.2, 0) is 4.79 Å². The second-order valence-electron chi connectivity index (χ2n) is 12.8. The van der Waals surface area contributed by atoms with E-state index >= 15 is 0 Å². The minimum absolute atomic E-state index is 0.0392. The van der Waals surface area contributed by atoms with Crippen LogP contribution in [0.25, 0.3) is 0 Å². The molecule has 4 heteroatoms. The fourth-order valence-electron chi connectivity index (χ4n) is 9.13. The first-order valence-corrected chi connectivity index (χ1v) is 13.1. The zero-order chi connectivity index (χ0) is 22.8. The van der Waals surface area contributed by atoms with Crippen LogP contribution in [0.1, 0.15) is 98.8 Å². The number of fused-ring (bicyclic) bond motifs is 5. The van der Waals surface area contributed by atoms with E-state index in [1.165, 1.54) is 32.1 Å². The maximum atomic E-state index is 13.3. The van der Waals surface area contributed by atoms with Crippen LogP contribution in [0.15, 0.2) is 0 Å². The van der Waals surface area contributed by atoms with Gasteiger partial charge in [0.1, 0.15) is 11.4 Å². The molecule has 0 aliphatic heterocycles. The summed E-state index contributed by atoms with van der Waals surface area (Å²) >= 11 is 0. The third-order valence-corrected chi connectivity index (χ3v) is 10.9. The Kier molecular flexibility index (Phi) is 6.19. The van der Waals surface area contributed by atoms with Gasteiger partial charge in [0.2, 0.25) is 0 Å². The van der Waals surface area contributed by atoms with Crippen LogP contribution in [0.3, 0.4) is 0 Å². The molecule has 0 aromatic heterocycles. The molecule has 178 valence electrons. The third-order valence-electron chi connectivity index (χ3n) is 10.9. The van der Waals surface area contributed by atoms with Crippen molar-refractivity contribution in [2.24, 2.45) is 46.3 Å². The predicted octanol–water partition coefficient (Wildman–Crippen LogP) is 4.73. The Morgan fingerprint density at radius 1 is 1.03 bits per heavy atom. The van der Waals surface area contributed by atoms with E-state index in [1.807, 2.05) is 6.92 Å². The quantitative estimate of drug-likeness (QED) is 0.584. The minimum atomic E-state index is -1.49. The monoisotopic (exact) mass is 434 g/mol. The first kappa shape index (κ1) is 23.7. The van der Waals surface area contributed by atoms with E-state index in [4.69, 9.17) is 0 Å². The summed E-state index contributed by atoms with van der Waals surface area (Å²) in [6, 6.07) is 0. The molecule has 4 aliphatic carbocycles. The van der Waals surface area contributed by atoms with Crippen molar-refractivity contribution in [3.63, 3.8) is 0 Å². The summed E-state index contributed by atoms with van der Waals surface area (Å²) in [5, 5.41) is 32.9. The zero-order valence-electron chi connectivity index (χ0n) is 20.4. The van der Waals surface area contributed by atoms with Crippen molar-refractivity contribution in [3.8, 4) is 0 Å². The standard InChI is InChI=1S/C27H46O4/c1-16(2)7-6-8-17(3)20-9-10-21-19-14-24(30)27(31)15-18(28)13-23(29)26(27,5)22(19)11-12-25(20,21)4/h16-22,24,28,30-31H,6-15H2,1-5H3/t17-,18+,19+,20-,21+,22+,24-,25-,26+,27+/m1/s1. The molecule has 31 heavy (non-hydrogen) atoms. The van der Waals surface area contributed by atoms with Gasteiger partial charge in [-0.25, -0.2) is 0 Å². The summed E-state index contributed by atoms with van der Waals surface area (Å²) in [7, 11) is 0. The summed E-state index contributed by atoms with van der Waals surface area (Å²) in [5.41, 5.74) is -2.14. The number of hydrogen-bond acceptors (Lipinski definition) is 4. The van der Waals surface area contributed by atoms with Gasteiger partial charge in [0.25, 0.3) is 0 Å². The SMILES string of the molecule is CC(C)CCC[C@@H](C)[C@H]1CC[C@H]2[C@@H]3C[C@@H](O)[C@@]4(O)C[C@@H](O)CC(=O)[C@]4(C)[C@H]3CC[C@]12C. The van der Waals surface area contributed by atoms with Crippen LogP contribution >= 0.6 is 0 Å². The predicted molar refractivity (Wildman–Crippen MR) is 122 cm³/mol. The molecule has 0 amide bonds. The molecule has 4 saturated carbocycles. The second-order valence-corrected chi connectivity index (χ2v) is 12.8. The van der Waals surface area contributed by atoms with Gasteiger partial charge in [-0.1, -0.05) is 47.0 Å². The normalized spacial score (nSPS) is 50.7. The Morgan fingerprint density at radius 3 is 2.42 bits per heavy atom. The molecule has 4 fully saturated rings. The summed E-state index contributed by atoms with van der Waals surface area (Å²) < 4.78 is 0. The number of hydrogen-bond donors (Lipinski definition) is 3. The van der Waals surface area contributed by atoms with Crippen LogP contribution in [-0.4, -0.2) is 38.9 Å². The van der Waals surface area contributed by atoms with Crippen LogP contribution in [0.5, 0.6) is 0 Å². The Balaban J connectivity index is 1.57. The lowest BCUT2D eigenvalue weighted by Gasteiger charge is -2.64. The highest BCUT2D eigenvalue weighted by molar-refractivity contribution is 5.88. The molecule has 0 aromatic carbocycles. The van der Waals surface area contributed by atoms with Gasteiger partial charge in [0.05, 0.1) is 17.6 Å². The third kappa shape index (κ3) is 3.46. The van der Waals surface area contributed by atoms with Gasteiger partial charge in [-0.2, -0.15) is 0 Å². The maximum absolute atomic E-state index is 13.3. The number of carbonyl (C=O) groups excluding carboxylic acids is 1. The lowest BCUT2D eigenvalue weighted by Crippen LogP contribution is -2.71. The molecule has 0 radical (unpaired) electrons. The average molecular weight is 435 g/mol. The molecular formula is C27H46O4. The maximum Gasteiger partial charge on any atom is 0.144 e. The summed E-state index contributed by atoms with van der Waals surface area (Å²) in [6.45, 7) is 11.5. The van der Waals surface area contributed by atoms with Gasteiger partial charge in [-0.05, 0) is 80.0 Å². The Morgan fingerprint density at radius 2 is 1.74 bits per heavy atom. The number of ketones is 1. The largest absolute Gasteiger partial charge is 0.393 e. The van der Waals surface area contributed by atoms with E-state index in [0.717, 1.165) is 30.6 Å². The molecule has 3 N–H and O–H groups in total. The number of rotatable bonds is 5. The van der Waals surface area contributed by atoms with Crippen molar-refractivity contribution >= 4 is 5.78 Å². The smallest absolute Gasteiger partial charge is 0.144 e. The Labute approximate surface area is 189 Å². The topological polar surface area (TPSA) is 77.8 Å². The first-order valence-electron chi connectivity index (χ1n) is 13.1. The molecule has 0 heterocycles. The average Bonchev–Trinajstić information content (AvgIpc) is 3.02. The van der Waals surface area contributed by atoms with Gasteiger partial charge in [-0.15, -0.1) is 0 Å². The van der Waals surface area contributed by atoms with Crippen molar-refractivity contribution in [2.45, 2.75) is 117 Å². The molecule has 0 aromatic rings. The molecule has 0 unspecified atom stereocenters. The van der Waals surface area contributed by atoms with E-state index in [9.17, 15) is 20.1 Å². The number of aliphatic hydroxyl groups is 3. The highest BCUT2D eigenvalue weighted by Gasteiger charge is 2.70. The van der Waals surface area contributed by atoms with E-state index in [0.29, 0.717) is 18.3 Å². The minimum Gasteiger partial charge on any atom is -0.393 e. The molecule has 4 aliphatic rings. The Hall–Kier alpha value is -0.450. The molecular weight excluding hydrogens is 388 g/mol. The van der Waals surface area contributed by atoms with E-state index in [-0.39, 0.29) is 30.0 Å². The van der Waals surface area contributed by atoms with Gasteiger partial charge >= 0.3 is 0 Å². The first-order chi connectivity index (χ1) is 14.4. The van der Waals surface area contributed by atoms with E-state index in [1.54, 1.807) is 0 Å². The van der Waals surface area contributed by atoms with Gasteiger partial charge in [0, 0.05) is 12.8 Å². The summed E-state index contributed by atoms with van der Waals surface area (Å²) in [6.07, 6.45) is 7.49. The Bertz CT molecular complexity index is 691. The van der Waals surface area contributed by atoms with Gasteiger partial charge < -0.3 is 15.3 Å². The van der Waals surface area contributed by atoms with E-state index in [2.05, 4.69) is 27.7 Å². The molecule has 0 bridgehead atoms. The van der Waals surface area contributed by atoms with Crippen LogP contribution < -0.4 is 0 Å². The van der Waals surface area contributed by atoms with Gasteiger partial charge in [-0.3, -0.25) is 4.79 Å². The lowest BCUT2D eigenvalue weighted by molar-refractivity contribution is -0.251. The molecule has 0 saturated heterocycles. The van der Waals surface area contributed by atoms with E-state index < -0.39 is 23.2 Å². The fourth-order valence-corrected chi connectivity index (χ4v) is 9.13. The number of aliphatic hydroxyl groups excluding tert-OH is 2.